The van der Waals surface area contributed by atoms with Crippen LogP contribution in [0.2, 0.25) is 0 Å². The molecule has 0 saturated carbocycles. The first-order valence-corrected chi connectivity index (χ1v) is 6.54. The molecule has 0 aromatic heterocycles. The van der Waals surface area contributed by atoms with Gasteiger partial charge in [-0.3, -0.25) is 0 Å². The zero-order valence-electron chi connectivity index (χ0n) is 9.67. The monoisotopic (exact) mass is 322 g/mol. The van der Waals surface area contributed by atoms with Crippen molar-refractivity contribution < 1.29 is 13.2 Å². The highest BCUT2D eigenvalue weighted by Gasteiger charge is 2.41. The second-order valence-electron chi connectivity index (χ2n) is 4.51. The van der Waals surface area contributed by atoms with Gasteiger partial charge in [0.2, 0.25) is 0 Å². The van der Waals surface area contributed by atoms with Crippen LogP contribution in [0.3, 0.4) is 0 Å². The summed E-state index contributed by atoms with van der Waals surface area (Å²) in [6.07, 6.45) is -3.76. The van der Waals surface area contributed by atoms with Crippen molar-refractivity contribution in [2.45, 2.75) is 19.0 Å². The molecule has 100 valence electrons. The predicted octanol–water partition coefficient (Wildman–Crippen LogP) is 3.81. The lowest BCUT2D eigenvalue weighted by molar-refractivity contribution is -0.179. The van der Waals surface area contributed by atoms with E-state index in [4.69, 9.17) is 5.73 Å². The Kier molecular flexibility index (Phi) is 3.75. The molecule has 0 aliphatic carbocycles. The Morgan fingerprint density at radius 2 is 1.83 bits per heavy atom. The van der Waals surface area contributed by atoms with Gasteiger partial charge in [-0.15, -0.1) is 0 Å². The predicted molar refractivity (Wildman–Crippen MR) is 69.5 cm³/mol. The topological polar surface area (TPSA) is 29.3 Å². The number of halogens is 4. The summed E-state index contributed by atoms with van der Waals surface area (Å²) in [6, 6.07) is 5.37. The first-order valence-electron chi connectivity index (χ1n) is 5.74. The van der Waals surface area contributed by atoms with Crippen LogP contribution in [0.4, 0.5) is 24.5 Å². The van der Waals surface area contributed by atoms with Crippen molar-refractivity contribution in [3.8, 4) is 0 Å². The normalized spacial score (nSPS) is 18.1. The number of rotatable bonds is 1. The van der Waals surface area contributed by atoms with Crippen molar-refractivity contribution in [2.75, 3.05) is 23.7 Å². The van der Waals surface area contributed by atoms with Gasteiger partial charge in [0.25, 0.3) is 0 Å². The second-order valence-corrected chi connectivity index (χ2v) is 5.37. The average Bonchev–Trinajstić information content (AvgIpc) is 2.28. The highest BCUT2D eigenvalue weighted by molar-refractivity contribution is 9.10. The molecule has 1 aromatic rings. The van der Waals surface area contributed by atoms with E-state index in [0.717, 1.165) is 10.2 Å². The third kappa shape index (κ3) is 2.91. The minimum absolute atomic E-state index is 0.153. The number of piperidine rings is 1. The van der Waals surface area contributed by atoms with Crippen molar-refractivity contribution in [1.29, 1.82) is 0 Å². The lowest BCUT2D eigenvalue weighted by Gasteiger charge is -2.35. The maximum Gasteiger partial charge on any atom is 0.391 e. The summed E-state index contributed by atoms with van der Waals surface area (Å²) in [7, 11) is 0. The number of hydrogen-bond donors (Lipinski definition) is 1. The van der Waals surface area contributed by atoms with Crippen molar-refractivity contribution in [2.24, 2.45) is 5.92 Å². The number of benzene rings is 1. The summed E-state index contributed by atoms with van der Waals surface area (Å²) >= 11 is 3.39. The van der Waals surface area contributed by atoms with Crippen molar-refractivity contribution in [3.05, 3.63) is 22.7 Å². The molecule has 0 atom stereocenters. The average molecular weight is 323 g/mol. The number of alkyl halides is 3. The van der Waals surface area contributed by atoms with Crippen molar-refractivity contribution in [3.63, 3.8) is 0 Å². The molecular weight excluding hydrogens is 309 g/mol. The summed E-state index contributed by atoms with van der Waals surface area (Å²) in [4.78, 5) is 1.96. The molecule has 1 heterocycles. The summed E-state index contributed by atoms with van der Waals surface area (Å²) in [6.45, 7) is 0.847. The van der Waals surface area contributed by atoms with Gasteiger partial charge in [0.05, 0.1) is 11.6 Å². The molecule has 0 unspecified atom stereocenters. The molecule has 1 aromatic carbocycles. The summed E-state index contributed by atoms with van der Waals surface area (Å²) in [5, 5.41) is 0. The minimum atomic E-state index is -4.07. The Bertz CT molecular complexity index is 426. The largest absolute Gasteiger partial charge is 0.399 e. The minimum Gasteiger partial charge on any atom is -0.399 e. The molecule has 0 bridgehead atoms. The summed E-state index contributed by atoms with van der Waals surface area (Å²) < 4.78 is 38.5. The molecule has 18 heavy (non-hydrogen) atoms. The first kappa shape index (κ1) is 13.5. The van der Waals surface area contributed by atoms with E-state index in [1.54, 1.807) is 12.1 Å². The van der Waals surface area contributed by atoms with E-state index < -0.39 is 12.1 Å². The highest BCUT2D eigenvalue weighted by atomic mass is 79.9. The van der Waals surface area contributed by atoms with Gasteiger partial charge >= 0.3 is 6.18 Å². The van der Waals surface area contributed by atoms with Crippen molar-refractivity contribution >= 4 is 27.3 Å². The standard InChI is InChI=1S/C12H14BrF3N2/c13-10-7-9(17)1-2-11(10)18-5-3-8(4-6-18)12(14,15)16/h1-2,7-8H,3-6,17H2. The van der Waals surface area contributed by atoms with E-state index in [2.05, 4.69) is 15.9 Å². The quantitative estimate of drug-likeness (QED) is 0.797. The van der Waals surface area contributed by atoms with Gasteiger partial charge < -0.3 is 10.6 Å². The fourth-order valence-electron chi connectivity index (χ4n) is 2.23. The van der Waals surface area contributed by atoms with Crippen molar-refractivity contribution in [1.82, 2.24) is 0 Å². The van der Waals surface area contributed by atoms with E-state index in [1.165, 1.54) is 0 Å². The van der Waals surface area contributed by atoms with E-state index >= 15 is 0 Å². The van der Waals surface area contributed by atoms with E-state index in [1.807, 2.05) is 11.0 Å². The van der Waals surface area contributed by atoms with Gasteiger partial charge in [0.1, 0.15) is 0 Å². The van der Waals surface area contributed by atoms with Crippen LogP contribution < -0.4 is 10.6 Å². The van der Waals surface area contributed by atoms with Crippen LogP contribution in [0.5, 0.6) is 0 Å². The summed E-state index contributed by atoms with van der Waals surface area (Å²) in [5.41, 5.74) is 7.18. The van der Waals surface area contributed by atoms with Crippen LogP contribution in [-0.2, 0) is 0 Å². The Hall–Kier alpha value is -0.910. The number of nitrogen functional groups attached to an aromatic ring is 1. The smallest absolute Gasteiger partial charge is 0.391 e. The van der Waals surface area contributed by atoms with Gasteiger partial charge in [-0.25, -0.2) is 0 Å². The molecule has 2 nitrogen and oxygen atoms in total. The third-order valence-electron chi connectivity index (χ3n) is 3.27. The van der Waals surface area contributed by atoms with Gasteiger partial charge in [-0.05, 0) is 47.0 Å². The lowest BCUT2D eigenvalue weighted by atomic mass is 9.96. The Morgan fingerprint density at radius 1 is 1.22 bits per heavy atom. The van der Waals surface area contributed by atoms with Gasteiger partial charge in [0, 0.05) is 23.2 Å². The Morgan fingerprint density at radius 3 is 2.33 bits per heavy atom. The maximum absolute atomic E-state index is 12.6. The van der Waals surface area contributed by atoms with E-state index in [9.17, 15) is 13.2 Å². The second kappa shape index (κ2) is 4.99. The number of anilines is 2. The lowest BCUT2D eigenvalue weighted by Crippen LogP contribution is -2.39. The van der Waals surface area contributed by atoms with Gasteiger partial charge in [-0.2, -0.15) is 13.2 Å². The molecular formula is C12H14BrF3N2. The summed E-state index contributed by atoms with van der Waals surface area (Å²) in [5.74, 6) is -1.17. The molecule has 0 spiro atoms. The molecule has 6 heteroatoms. The molecule has 1 aliphatic heterocycles. The zero-order valence-corrected chi connectivity index (χ0v) is 11.3. The van der Waals surface area contributed by atoms with Crippen LogP contribution in [0, 0.1) is 5.92 Å². The molecule has 2 rings (SSSR count). The zero-order chi connectivity index (χ0) is 13.3. The number of hydrogen-bond acceptors (Lipinski definition) is 2. The molecule has 0 amide bonds. The molecule has 1 fully saturated rings. The van der Waals surface area contributed by atoms with Crippen LogP contribution in [-0.4, -0.2) is 19.3 Å². The fraction of sp³-hybridized carbons (Fsp3) is 0.500. The number of nitrogens with two attached hydrogens (primary N) is 1. The highest BCUT2D eigenvalue weighted by Crippen LogP contribution is 2.37. The van der Waals surface area contributed by atoms with Gasteiger partial charge in [-0.1, -0.05) is 0 Å². The third-order valence-corrected chi connectivity index (χ3v) is 3.91. The van der Waals surface area contributed by atoms with Gasteiger partial charge in [0.15, 0.2) is 0 Å². The Balaban J connectivity index is 2.06. The molecule has 1 saturated heterocycles. The molecule has 1 aliphatic rings. The molecule has 0 radical (unpaired) electrons. The van der Waals surface area contributed by atoms with E-state index in [0.29, 0.717) is 18.8 Å². The van der Waals surface area contributed by atoms with Crippen LogP contribution in [0.25, 0.3) is 0 Å². The van der Waals surface area contributed by atoms with E-state index in [-0.39, 0.29) is 12.8 Å². The van der Waals surface area contributed by atoms with Crippen LogP contribution >= 0.6 is 15.9 Å². The SMILES string of the molecule is Nc1ccc(N2CCC(C(F)(F)F)CC2)c(Br)c1. The maximum atomic E-state index is 12.6. The molecule has 2 N–H and O–H groups in total. The Labute approximate surface area is 112 Å². The van der Waals surface area contributed by atoms with Crippen LogP contribution in [0.1, 0.15) is 12.8 Å². The number of nitrogens with zero attached hydrogens (tertiary/aromatic N) is 1. The fourth-order valence-corrected chi connectivity index (χ4v) is 2.87. The van der Waals surface area contributed by atoms with Crippen LogP contribution in [0.15, 0.2) is 22.7 Å². The first-order chi connectivity index (χ1) is 8.38.